The van der Waals surface area contributed by atoms with Crippen molar-refractivity contribution in [2.45, 2.75) is 25.4 Å². The van der Waals surface area contributed by atoms with E-state index in [4.69, 9.17) is 4.42 Å². The quantitative estimate of drug-likeness (QED) is 0.671. The molecule has 0 radical (unpaired) electrons. The van der Waals surface area contributed by atoms with Gasteiger partial charge in [-0.1, -0.05) is 60.7 Å². The average Bonchev–Trinajstić information content (AvgIpc) is 3.39. The molecule has 2 amide bonds. The van der Waals surface area contributed by atoms with E-state index in [1.165, 1.54) is 0 Å². The Morgan fingerprint density at radius 3 is 2.45 bits per heavy atom. The number of rotatable bonds is 7. The Labute approximate surface area is 170 Å². The van der Waals surface area contributed by atoms with E-state index in [2.05, 4.69) is 17.4 Å². The number of carbonyl (C=O) groups excluding carboxylic acids is 2. The lowest BCUT2D eigenvalue weighted by Gasteiger charge is -2.22. The highest BCUT2D eigenvalue weighted by molar-refractivity contribution is 5.89. The monoisotopic (exact) mass is 388 g/mol. The van der Waals surface area contributed by atoms with Crippen molar-refractivity contribution in [2.75, 3.05) is 6.54 Å². The maximum Gasteiger partial charge on any atom is 0.225 e. The molecule has 1 aliphatic rings. The molecule has 5 nitrogen and oxygen atoms in total. The van der Waals surface area contributed by atoms with Crippen LogP contribution >= 0.6 is 0 Å². The maximum atomic E-state index is 13.0. The number of carbonyl (C=O) groups is 2. The summed E-state index contributed by atoms with van der Waals surface area (Å²) in [7, 11) is 0. The molecule has 1 saturated heterocycles. The zero-order valence-corrected chi connectivity index (χ0v) is 16.2. The first-order chi connectivity index (χ1) is 14.2. The van der Waals surface area contributed by atoms with Gasteiger partial charge < -0.3 is 14.6 Å². The Kier molecular flexibility index (Phi) is 5.75. The third-order valence-corrected chi connectivity index (χ3v) is 5.31. The Morgan fingerprint density at radius 2 is 1.76 bits per heavy atom. The van der Waals surface area contributed by atoms with E-state index in [9.17, 15) is 9.59 Å². The highest BCUT2D eigenvalue weighted by atomic mass is 16.3. The van der Waals surface area contributed by atoms with Crippen molar-refractivity contribution in [2.24, 2.45) is 5.92 Å². The minimum atomic E-state index is -0.348. The standard InChI is InChI=1S/C24H24N2O3/c27-23-15-20(16-26(23)17-21-12-7-13-29-21)24(28)25-22(19-10-5-2-6-11-19)14-18-8-3-1-4-9-18/h1-13,20,22H,14-17H2,(H,25,28). The van der Waals surface area contributed by atoms with Gasteiger partial charge >= 0.3 is 0 Å². The summed E-state index contributed by atoms with van der Waals surface area (Å²) in [4.78, 5) is 27.1. The van der Waals surface area contributed by atoms with Crippen molar-refractivity contribution in [1.29, 1.82) is 0 Å². The molecule has 2 heterocycles. The van der Waals surface area contributed by atoms with Crippen LogP contribution in [0.4, 0.5) is 0 Å². The van der Waals surface area contributed by atoms with Gasteiger partial charge in [-0.05, 0) is 29.7 Å². The Morgan fingerprint density at radius 1 is 1.03 bits per heavy atom. The molecule has 1 aromatic heterocycles. The van der Waals surface area contributed by atoms with Crippen LogP contribution in [-0.4, -0.2) is 23.3 Å². The molecule has 2 aromatic carbocycles. The average molecular weight is 388 g/mol. The minimum absolute atomic E-state index is 0.0131. The molecule has 2 atom stereocenters. The first-order valence-corrected chi connectivity index (χ1v) is 9.88. The SMILES string of the molecule is O=C(NC(Cc1ccccc1)c1ccccc1)C1CC(=O)N(Cc2ccco2)C1. The fraction of sp³-hybridized carbons (Fsp3) is 0.250. The van der Waals surface area contributed by atoms with Gasteiger partial charge in [-0.2, -0.15) is 0 Å². The van der Waals surface area contributed by atoms with Crippen LogP contribution in [0.3, 0.4) is 0 Å². The van der Waals surface area contributed by atoms with Crippen LogP contribution < -0.4 is 5.32 Å². The lowest BCUT2D eigenvalue weighted by atomic mass is 9.97. The summed E-state index contributed by atoms with van der Waals surface area (Å²) in [6, 6.07) is 23.6. The third-order valence-electron chi connectivity index (χ3n) is 5.31. The summed E-state index contributed by atoms with van der Waals surface area (Å²) in [6.45, 7) is 0.819. The largest absolute Gasteiger partial charge is 0.467 e. The molecule has 0 aliphatic carbocycles. The van der Waals surface area contributed by atoms with Crippen LogP contribution in [0.2, 0.25) is 0 Å². The van der Waals surface area contributed by atoms with Gasteiger partial charge in [0.15, 0.2) is 0 Å². The molecule has 4 rings (SSSR count). The van der Waals surface area contributed by atoms with Gasteiger partial charge in [-0.25, -0.2) is 0 Å². The molecule has 0 saturated carbocycles. The zero-order chi connectivity index (χ0) is 20.1. The normalized spacial score (nSPS) is 17.3. The van der Waals surface area contributed by atoms with E-state index < -0.39 is 0 Å². The Balaban J connectivity index is 1.44. The first kappa shape index (κ1) is 19.0. The van der Waals surface area contributed by atoms with Gasteiger partial charge in [0.2, 0.25) is 11.8 Å². The van der Waals surface area contributed by atoms with Crippen LogP contribution in [0.5, 0.6) is 0 Å². The molecule has 1 aliphatic heterocycles. The number of benzene rings is 2. The maximum absolute atomic E-state index is 13.0. The number of nitrogens with one attached hydrogen (secondary N) is 1. The number of likely N-dealkylation sites (tertiary alicyclic amines) is 1. The summed E-state index contributed by atoms with van der Waals surface area (Å²) in [5.41, 5.74) is 2.21. The van der Waals surface area contributed by atoms with E-state index >= 15 is 0 Å². The molecular formula is C24H24N2O3. The van der Waals surface area contributed by atoms with Crippen molar-refractivity contribution in [3.63, 3.8) is 0 Å². The topological polar surface area (TPSA) is 62.6 Å². The van der Waals surface area contributed by atoms with Crippen molar-refractivity contribution in [3.05, 3.63) is 95.9 Å². The zero-order valence-electron chi connectivity index (χ0n) is 16.2. The van der Waals surface area contributed by atoms with Crippen LogP contribution in [0.15, 0.2) is 83.5 Å². The van der Waals surface area contributed by atoms with Gasteiger partial charge in [0.05, 0.1) is 24.8 Å². The van der Waals surface area contributed by atoms with Gasteiger partial charge in [-0.3, -0.25) is 9.59 Å². The second-order valence-corrected chi connectivity index (χ2v) is 7.42. The van der Waals surface area contributed by atoms with E-state index in [-0.39, 0.29) is 30.2 Å². The molecule has 5 heteroatoms. The van der Waals surface area contributed by atoms with Crippen LogP contribution in [-0.2, 0) is 22.6 Å². The number of furan rings is 1. The Hall–Kier alpha value is -3.34. The number of amides is 2. The number of nitrogens with zero attached hydrogens (tertiary/aromatic N) is 1. The smallest absolute Gasteiger partial charge is 0.225 e. The molecule has 148 valence electrons. The van der Waals surface area contributed by atoms with Crippen molar-refractivity contribution in [1.82, 2.24) is 10.2 Å². The van der Waals surface area contributed by atoms with E-state index in [1.54, 1.807) is 17.2 Å². The van der Waals surface area contributed by atoms with E-state index in [0.29, 0.717) is 19.5 Å². The van der Waals surface area contributed by atoms with Crippen molar-refractivity contribution >= 4 is 11.8 Å². The summed E-state index contributed by atoms with van der Waals surface area (Å²) < 4.78 is 5.33. The fourth-order valence-corrected chi connectivity index (χ4v) is 3.77. The molecule has 2 unspecified atom stereocenters. The molecular weight excluding hydrogens is 364 g/mol. The van der Waals surface area contributed by atoms with E-state index in [0.717, 1.165) is 16.9 Å². The van der Waals surface area contributed by atoms with Crippen LogP contribution in [0.1, 0.15) is 29.3 Å². The predicted molar refractivity (Wildman–Crippen MR) is 110 cm³/mol. The summed E-state index contributed by atoms with van der Waals surface area (Å²) in [5, 5.41) is 3.18. The van der Waals surface area contributed by atoms with Crippen molar-refractivity contribution < 1.29 is 14.0 Å². The van der Waals surface area contributed by atoms with E-state index in [1.807, 2.05) is 54.6 Å². The van der Waals surface area contributed by atoms with Crippen LogP contribution in [0.25, 0.3) is 0 Å². The number of hydrogen-bond acceptors (Lipinski definition) is 3. The summed E-state index contributed by atoms with van der Waals surface area (Å²) in [5.74, 6) is 0.288. The summed E-state index contributed by atoms with van der Waals surface area (Å²) >= 11 is 0. The fourth-order valence-electron chi connectivity index (χ4n) is 3.77. The second kappa shape index (κ2) is 8.78. The molecule has 29 heavy (non-hydrogen) atoms. The molecule has 1 fully saturated rings. The van der Waals surface area contributed by atoms with Crippen molar-refractivity contribution in [3.8, 4) is 0 Å². The lowest BCUT2D eigenvalue weighted by molar-refractivity contribution is -0.129. The molecule has 0 spiro atoms. The minimum Gasteiger partial charge on any atom is -0.467 e. The molecule has 3 aromatic rings. The highest BCUT2D eigenvalue weighted by Gasteiger charge is 2.35. The lowest BCUT2D eigenvalue weighted by Crippen LogP contribution is -2.36. The molecule has 0 bridgehead atoms. The van der Waals surface area contributed by atoms with Gasteiger partial charge in [-0.15, -0.1) is 0 Å². The highest BCUT2D eigenvalue weighted by Crippen LogP contribution is 2.24. The number of hydrogen-bond donors (Lipinski definition) is 1. The van der Waals surface area contributed by atoms with Crippen LogP contribution in [0, 0.1) is 5.92 Å². The van der Waals surface area contributed by atoms with Gasteiger partial charge in [0, 0.05) is 13.0 Å². The van der Waals surface area contributed by atoms with Gasteiger partial charge in [0.1, 0.15) is 5.76 Å². The Bertz CT molecular complexity index is 939. The van der Waals surface area contributed by atoms with Gasteiger partial charge in [0.25, 0.3) is 0 Å². The molecule has 1 N–H and O–H groups in total. The second-order valence-electron chi connectivity index (χ2n) is 7.42. The first-order valence-electron chi connectivity index (χ1n) is 9.88. The predicted octanol–water partition coefficient (Wildman–Crippen LogP) is 3.73. The summed E-state index contributed by atoms with van der Waals surface area (Å²) in [6.07, 6.45) is 2.53. The third kappa shape index (κ3) is 4.74.